The van der Waals surface area contributed by atoms with Gasteiger partial charge in [0.2, 0.25) is 0 Å². The smallest absolute Gasteiger partial charge is 0.335 e. The third-order valence-electron chi connectivity index (χ3n) is 3.73. The predicted molar refractivity (Wildman–Crippen MR) is 107 cm³/mol. The lowest BCUT2D eigenvalue weighted by atomic mass is 10.2. The van der Waals surface area contributed by atoms with E-state index in [0.717, 1.165) is 11.1 Å². The van der Waals surface area contributed by atoms with Gasteiger partial charge in [-0.3, -0.25) is 5.43 Å². The standard InChI is InChI=1S/C21H17ClN2O3/c22-19-12-16(6-11-20(19)27-14-15-4-2-1-3-5-15)13-23-24-18-9-7-17(8-10-18)21(25)26/h1-13,24H,14H2,(H,25,26). The molecule has 3 aromatic rings. The van der Waals surface area contributed by atoms with Gasteiger partial charge in [0, 0.05) is 0 Å². The van der Waals surface area contributed by atoms with E-state index in [1.54, 1.807) is 30.5 Å². The molecule has 5 nitrogen and oxygen atoms in total. The number of nitrogens with one attached hydrogen (secondary N) is 1. The Kier molecular flexibility index (Phi) is 6.07. The Bertz CT molecular complexity index is 941. The molecule has 0 spiro atoms. The number of hydrazone groups is 1. The van der Waals surface area contributed by atoms with Gasteiger partial charge in [0.25, 0.3) is 0 Å². The van der Waals surface area contributed by atoms with Gasteiger partial charge in [-0.2, -0.15) is 5.10 Å². The molecule has 0 aliphatic carbocycles. The Morgan fingerprint density at radius 3 is 2.48 bits per heavy atom. The number of nitrogens with zero attached hydrogens (tertiary/aromatic N) is 1. The number of anilines is 1. The van der Waals surface area contributed by atoms with Crippen molar-refractivity contribution in [3.05, 3.63) is 94.5 Å². The average Bonchev–Trinajstić information content (AvgIpc) is 2.68. The summed E-state index contributed by atoms with van der Waals surface area (Å²) in [5, 5.41) is 13.5. The third-order valence-corrected chi connectivity index (χ3v) is 4.03. The molecule has 0 aliphatic rings. The van der Waals surface area contributed by atoms with Crippen LogP contribution in [0.1, 0.15) is 21.5 Å². The van der Waals surface area contributed by atoms with Gasteiger partial charge in [0.15, 0.2) is 0 Å². The zero-order valence-electron chi connectivity index (χ0n) is 14.3. The monoisotopic (exact) mass is 380 g/mol. The Balaban J connectivity index is 1.58. The van der Waals surface area contributed by atoms with Crippen molar-refractivity contribution in [1.82, 2.24) is 0 Å². The maximum atomic E-state index is 10.8. The molecule has 0 aromatic heterocycles. The fourth-order valence-corrected chi connectivity index (χ4v) is 2.56. The van der Waals surface area contributed by atoms with Crippen LogP contribution in [-0.4, -0.2) is 17.3 Å². The van der Waals surface area contributed by atoms with E-state index in [4.69, 9.17) is 21.4 Å². The second kappa shape index (κ2) is 8.87. The number of rotatable bonds is 7. The van der Waals surface area contributed by atoms with Crippen LogP contribution in [0.5, 0.6) is 5.75 Å². The first-order valence-electron chi connectivity index (χ1n) is 8.20. The fourth-order valence-electron chi connectivity index (χ4n) is 2.32. The summed E-state index contributed by atoms with van der Waals surface area (Å²) >= 11 is 6.28. The summed E-state index contributed by atoms with van der Waals surface area (Å²) in [6.07, 6.45) is 1.62. The van der Waals surface area contributed by atoms with Crippen molar-refractivity contribution < 1.29 is 14.6 Å². The van der Waals surface area contributed by atoms with Gasteiger partial charge in [-0.1, -0.05) is 41.9 Å². The summed E-state index contributed by atoms with van der Waals surface area (Å²) < 4.78 is 5.74. The quantitative estimate of drug-likeness (QED) is 0.443. The zero-order chi connectivity index (χ0) is 19.1. The number of carbonyl (C=O) groups is 1. The Morgan fingerprint density at radius 2 is 1.81 bits per heavy atom. The molecule has 136 valence electrons. The van der Waals surface area contributed by atoms with E-state index in [1.165, 1.54) is 12.1 Å². The van der Waals surface area contributed by atoms with E-state index in [-0.39, 0.29) is 5.56 Å². The SMILES string of the molecule is O=C(O)c1ccc(NN=Cc2ccc(OCc3ccccc3)c(Cl)c2)cc1. The third kappa shape index (κ3) is 5.33. The largest absolute Gasteiger partial charge is 0.487 e. The van der Waals surface area contributed by atoms with E-state index in [9.17, 15) is 4.79 Å². The lowest BCUT2D eigenvalue weighted by Crippen LogP contribution is -1.97. The minimum atomic E-state index is -0.964. The highest BCUT2D eigenvalue weighted by Gasteiger charge is 2.03. The molecular formula is C21H17ClN2O3. The Morgan fingerprint density at radius 1 is 1.07 bits per heavy atom. The number of carboxylic acids is 1. The molecular weight excluding hydrogens is 364 g/mol. The lowest BCUT2D eigenvalue weighted by Gasteiger charge is -2.08. The molecule has 0 radical (unpaired) electrons. The van der Waals surface area contributed by atoms with Gasteiger partial charge >= 0.3 is 5.97 Å². The van der Waals surface area contributed by atoms with Crippen molar-refractivity contribution in [2.75, 3.05) is 5.43 Å². The van der Waals surface area contributed by atoms with Crippen LogP contribution >= 0.6 is 11.6 Å². The average molecular weight is 381 g/mol. The minimum absolute atomic E-state index is 0.224. The highest BCUT2D eigenvalue weighted by atomic mass is 35.5. The molecule has 0 atom stereocenters. The molecule has 27 heavy (non-hydrogen) atoms. The number of aromatic carboxylic acids is 1. The van der Waals surface area contributed by atoms with Crippen LogP contribution in [0.4, 0.5) is 5.69 Å². The van der Waals surface area contributed by atoms with E-state index in [0.29, 0.717) is 23.1 Å². The summed E-state index contributed by atoms with van der Waals surface area (Å²) in [6, 6.07) is 21.6. The van der Waals surface area contributed by atoms with Crippen LogP contribution in [0.25, 0.3) is 0 Å². The van der Waals surface area contributed by atoms with Gasteiger partial charge in [0.1, 0.15) is 12.4 Å². The first-order valence-corrected chi connectivity index (χ1v) is 8.58. The highest BCUT2D eigenvalue weighted by Crippen LogP contribution is 2.25. The number of benzene rings is 3. The Hall–Kier alpha value is -3.31. The summed E-state index contributed by atoms with van der Waals surface area (Å²) in [5.41, 5.74) is 5.63. The first-order chi connectivity index (χ1) is 13.1. The lowest BCUT2D eigenvalue weighted by molar-refractivity contribution is 0.0697. The molecule has 0 aliphatic heterocycles. The second-order valence-electron chi connectivity index (χ2n) is 5.72. The van der Waals surface area contributed by atoms with Crippen molar-refractivity contribution in [2.45, 2.75) is 6.61 Å². The molecule has 3 rings (SSSR count). The molecule has 0 amide bonds. The molecule has 2 N–H and O–H groups in total. The van der Waals surface area contributed by atoms with Crippen molar-refractivity contribution in [2.24, 2.45) is 5.10 Å². The van der Waals surface area contributed by atoms with Crippen LogP contribution < -0.4 is 10.2 Å². The molecule has 0 bridgehead atoms. The van der Waals surface area contributed by atoms with E-state index < -0.39 is 5.97 Å². The van der Waals surface area contributed by atoms with Crippen LogP contribution in [-0.2, 0) is 6.61 Å². The Labute approximate surface area is 161 Å². The molecule has 0 heterocycles. The molecule has 0 unspecified atom stereocenters. The summed E-state index contributed by atoms with van der Waals surface area (Å²) in [4.78, 5) is 10.8. The van der Waals surface area contributed by atoms with Crippen molar-refractivity contribution in [1.29, 1.82) is 0 Å². The molecule has 0 fully saturated rings. The topological polar surface area (TPSA) is 70.9 Å². The fraction of sp³-hybridized carbons (Fsp3) is 0.0476. The van der Waals surface area contributed by atoms with Gasteiger partial charge < -0.3 is 9.84 Å². The zero-order valence-corrected chi connectivity index (χ0v) is 15.1. The van der Waals surface area contributed by atoms with Crippen LogP contribution in [0, 0.1) is 0 Å². The summed E-state index contributed by atoms with van der Waals surface area (Å²) in [6.45, 7) is 0.446. The number of hydrogen-bond acceptors (Lipinski definition) is 4. The summed E-state index contributed by atoms with van der Waals surface area (Å²) in [7, 11) is 0. The van der Waals surface area contributed by atoms with E-state index in [1.807, 2.05) is 36.4 Å². The van der Waals surface area contributed by atoms with Gasteiger partial charge in [-0.05, 0) is 53.6 Å². The van der Waals surface area contributed by atoms with E-state index in [2.05, 4.69) is 10.5 Å². The first kappa shape index (κ1) is 18.5. The molecule has 3 aromatic carbocycles. The van der Waals surface area contributed by atoms with Gasteiger partial charge in [0.05, 0.1) is 22.5 Å². The summed E-state index contributed by atoms with van der Waals surface area (Å²) in [5.74, 6) is -0.357. The number of halogens is 1. The van der Waals surface area contributed by atoms with Crippen LogP contribution in [0.2, 0.25) is 5.02 Å². The van der Waals surface area contributed by atoms with E-state index >= 15 is 0 Å². The maximum Gasteiger partial charge on any atom is 0.335 e. The van der Waals surface area contributed by atoms with Crippen molar-refractivity contribution in [3.63, 3.8) is 0 Å². The van der Waals surface area contributed by atoms with Crippen molar-refractivity contribution in [3.8, 4) is 5.75 Å². The number of hydrogen-bond donors (Lipinski definition) is 2. The number of ether oxygens (including phenoxy) is 1. The van der Waals surface area contributed by atoms with Crippen LogP contribution in [0.15, 0.2) is 77.9 Å². The van der Waals surface area contributed by atoms with Gasteiger partial charge in [-0.25, -0.2) is 4.79 Å². The molecule has 0 saturated carbocycles. The normalized spacial score (nSPS) is 10.7. The van der Waals surface area contributed by atoms with Crippen LogP contribution in [0.3, 0.4) is 0 Å². The second-order valence-corrected chi connectivity index (χ2v) is 6.12. The minimum Gasteiger partial charge on any atom is -0.487 e. The maximum absolute atomic E-state index is 10.8. The number of carboxylic acid groups (broad SMARTS) is 1. The molecule has 0 saturated heterocycles. The highest BCUT2D eigenvalue weighted by molar-refractivity contribution is 6.32. The molecule has 6 heteroatoms. The predicted octanol–water partition coefficient (Wildman–Crippen LogP) is 5.06. The van der Waals surface area contributed by atoms with Crippen molar-refractivity contribution >= 4 is 29.5 Å². The van der Waals surface area contributed by atoms with Gasteiger partial charge in [-0.15, -0.1) is 0 Å².